The fourth-order valence-corrected chi connectivity index (χ4v) is 3.60. The van der Waals surface area contributed by atoms with E-state index in [4.69, 9.17) is 22.1 Å². The summed E-state index contributed by atoms with van der Waals surface area (Å²) in [5.41, 5.74) is 0.539. The van der Waals surface area contributed by atoms with Crippen LogP contribution in [0.3, 0.4) is 0 Å². The molecular weight excluding hydrogens is 382 g/mol. The number of nitrogens with zero attached hydrogens (tertiary/aromatic N) is 1. The van der Waals surface area contributed by atoms with Crippen molar-refractivity contribution in [3.63, 3.8) is 0 Å². The van der Waals surface area contributed by atoms with Crippen LogP contribution in [0.5, 0.6) is 11.5 Å². The third-order valence-electron chi connectivity index (χ3n) is 3.37. The molecule has 0 aromatic heterocycles. The molecule has 2 rings (SSSR count). The van der Waals surface area contributed by atoms with Gasteiger partial charge in [-0.1, -0.05) is 30.0 Å². The van der Waals surface area contributed by atoms with E-state index < -0.39 is 30.3 Å². The Morgan fingerprint density at radius 2 is 2.08 bits per heavy atom. The van der Waals surface area contributed by atoms with Gasteiger partial charge in [0, 0.05) is 0 Å². The van der Waals surface area contributed by atoms with Crippen molar-refractivity contribution in [1.29, 1.82) is 0 Å². The molecule has 1 unspecified atom stereocenters. The molecule has 3 N–H and O–H groups in total. The second-order valence-corrected chi connectivity index (χ2v) is 6.84. The predicted molar refractivity (Wildman–Crippen MR) is 98.0 cm³/mol. The maximum absolute atomic E-state index is 12.5. The SMILES string of the molecule is CCOc1cc(C=C2SC(=S)N(C(CC(=O)O)C(=O)O)C2=O)ccc1O. The Morgan fingerprint density at radius 3 is 2.65 bits per heavy atom. The molecule has 0 bridgehead atoms. The lowest BCUT2D eigenvalue weighted by Gasteiger charge is -2.21. The zero-order chi connectivity index (χ0) is 19.4. The van der Waals surface area contributed by atoms with Crippen LogP contribution in [0.15, 0.2) is 23.1 Å². The Balaban J connectivity index is 2.33. The predicted octanol–water partition coefficient (Wildman–Crippen LogP) is 1.92. The van der Waals surface area contributed by atoms with E-state index in [9.17, 15) is 24.6 Å². The van der Waals surface area contributed by atoms with Crippen molar-refractivity contribution in [2.24, 2.45) is 0 Å². The quantitative estimate of drug-likeness (QED) is 0.467. The van der Waals surface area contributed by atoms with Gasteiger partial charge < -0.3 is 20.1 Å². The number of carboxylic acids is 2. The van der Waals surface area contributed by atoms with E-state index in [0.29, 0.717) is 12.2 Å². The highest BCUT2D eigenvalue weighted by molar-refractivity contribution is 8.26. The number of carbonyl (C=O) groups excluding carboxylic acids is 1. The van der Waals surface area contributed by atoms with E-state index in [-0.39, 0.29) is 20.7 Å². The summed E-state index contributed by atoms with van der Waals surface area (Å²) in [6, 6.07) is 2.90. The van der Waals surface area contributed by atoms with Gasteiger partial charge in [-0.05, 0) is 30.7 Å². The molecule has 1 aromatic rings. The van der Waals surface area contributed by atoms with Gasteiger partial charge in [-0.25, -0.2) is 4.79 Å². The third-order valence-corrected chi connectivity index (χ3v) is 4.70. The molecule has 26 heavy (non-hydrogen) atoms. The van der Waals surface area contributed by atoms with Crippen LogP contribution in [0.1, 0.15) is 18.9 Å². The molecule has 1 saturated heterocycles. The minimum atomic E-state index is -1.58. The molecular formula is C16H15NO7S2. The average Bonchev–Trinajstić information content (AvgIpc) is 2.82. The first-order valence-corrected chi connectivity index (χ1v) is 8.64. The minimum absolute atomic E-state index is 0.0290. The van der Waals surface area contributed by atoms with Gasteiger partial charge in [-0.2, -0.15) is 0 Å². The molecule has 1 aliphatic rings. The first-order valence-electron chi connectivity index (χ1n) is 7.42. The largest absolute Gasteiger partial charge is 0.504 e. The summed E-state index contributed by atoms with van der Waals surface area (Å²) in [7, 11) is 0. The standard InChI is InChI=1S/C16H15NO7S2/c1-2-24-11-5-8(3-4-10(11)18)6-12-14(21)17(16(25)26-12)9(15(22)23)7-13(19)20/h3-6,9,18H,2,7H2,1H3,(H,19,20)(H,22,23). The first-order chi connectivity index (χ1) is 12.2. The molecule has 1 fully saturated rings. The summed E-state index contributed by atoms with van der Waals surface area (Å²) in [5.74, 6) is -3.29. The first kappa shape index (κ1) is 19.7. The molecule has 0 radical (unpaired) electrons. The molecule has 138 valence electrons. The van der Waals surface area contributed by atoms with E-state index in [1.165, 1.54) is 18.2 Å². The smallest absolute Gasteiger partial charge is 0.327 e. The van der Waals surface area contributed by atoms with Gasteiger partial charge in [0.25, 0.3) is 5.91 Å². The third kappa shape index (κ3) is 4.33. The van der Waals surface area contributed by atoms with Crippen molar-refractivity contribution in [2.75, 3.05) is 6.61 Å². The normalized spacial score (nSPS) is 16.8. The lowest BCUT2D eigenvalue weighted by Crippen LogP contribution is -2.45. The van der Waals surface area contributed by atoms with E-state index >= 15 is 0 Å². The van der Waals surface area contributed by atoms with Gasteiger partial charge in [0.05, 0.1) is 17.9 Å². The number of hydrogen-bond acceptors (Lipinski definition) is 7. The Morgan fingerprint density at radius 1 is 1.38 bits per heavy atom. The number of thiocarbonyl (C=S) groups is 1. The Kier molecular flexibility index (Phi) is 6.22. The minimum Gasteiger partial charge on any atom is -0.504 e. The highest BCUT2D eigenvalue weighted by Crippen LogP contribution is 2.36. The molecule has 0 saturated carbocycles. The summed E-state index contributed by atoms with van der Waals surface area (Å²) in [6.45, 7) is 2.10. The zero-order valence-electron chi connectivity index (χ0n) is 13.5. The second-order valence-electron chi connectivity index (χ2n) is 5.16. The molecule has 0 spiro atoms. The molecule has 1 aromatic carbocycles. The van der Waals surface area contributed by atoms with E-state index in [1.807, 2.05) is 0 Å². The number of phenolic OH excluding ortho intramolecular Hbond substituents is 1. The Labute approximate surface area is 158 Å². The van der Waals surface area contributed by atoms with Crippen LogP contribution < -0.4 is 4.74 Å². The van der Waals surface area contributed by atoms with Crippen LogP contribution in [0.25, 0.3) is 6.08 Å². The molecule has 10 heteroatoms. The number of carboxylic acid groups (broad SMARTS) is 2. The number of benzene rings is 1. The second kappa shape index (κ2) is 8.19. The number of rotatable bonds is 7. The number of ether oxygens (including phenoxy) is 1. The Bertz CT molecular complexity index is 806. The number of carbonyl (C=O) groups is 3. The number of hydrogen-bond donors (Lipinski definition) is 3. The number of aliphatic carboxylic acids is 2. The highest BCUT2D eigenvalue weighted by atomic mass is 32.2. The molecule has 1 heterocycles. The summed E-state index contributed by atoms with van der Waals surface area (Å²) >= 11 is 5.94. The summed E-state index contributed by atoms with van der Waals surface area (Å²) in [4.78, 5) is 35.7. The molecule has 1 amide bonds. The van der Waals surface area contributed by atoms with Crippen LogP contribution in [-0.4, -0.2) is 55.0 Å². The van der Waals surface area contributed by atoms with Gasteiger partial charge in [-0.3, -0.25) is 14.5 Å². The van der Waals surface area contributed by atoms with Crippen molar-refractivity contribution in [3.8, 4) is 11.5 Å². The molecule has 8 nitrogen and oxygen atoms in total. The van der Waals surface area contributed by atoms with E-state index in [0.717, 1.165) is 16.7 Å². The average molecular weight is 397 g/mol. The van der Waals surface area contributed by atoms with Crippen LogP contribution >= 0.6 is 24.0 Å². The summed E-state index contributed by atoms with van der Waals surface area (Å²) in [5, 5.41) is 27.8. The lowest BCUT2D eigenvalue weighted by atomic mass is 10.1. The maximum atomic E-state index is 12.5. The fourth-order valence-electron chi connectivity index (χ4n) is 2.25. The highest BCUT2D eigenvalue weighted by Gasteiger charge is 2.41. The van der Waals surface area contributed by atoms with Crippen molar-refractivity contribution in [3.05, 3.63) is 28.7 Å². The topological polar surface area (TPSA) is 124 Å². The lowest BCUT2D eigenvalue weighted by molar-refractivity contribution is -0.150. The van der Waals surface area contributed by atoms with Crippen LogP contribution in [0.4, 0.5) is 0 Å². The van der Waals surface area contributed by atoms with Crippen LogP contribution in [0, 0.1) is 0 Å². The van der Waals surface area contributed by atoms with E-state index in [2.05, 4.69) is 0 Å². The number of phenols is 1. The van der Waals surface area contributed by atoms with Gasteiger partial charge >= 0.3 is 11.9 Å². The number of aromatic hydroxyl groups is 1. The van der Waals surface area contributed by atoms with Crippen molar-refractivity contribution in [1.82, 2.24) is 4.90 Å². The molecule has 1 atom stereocenters. The molecule has 0 aliphatic carbocycles. The van der Waals surface area contributed by atoms with Crippen molar-refractivity contribution >= 4 is 52.2 Å². The summed E-state index contributed by atoms with van der Waals surface area (Å²) in [6.07, 6.45) is 0.712. The van der Waals surface area contributed by atoms with Gasteiger partial charge in [0.1, 0.15) is 10.4 Å². The van der Waals surface area contributed by atoms with Gasteiger partial charge in [0.2, 0.25) is 0 Å². The van der Waals surface area contributed by atoms with Gasteiger partial charge in [0.15, 0.2) is 11.5 Å². The van der Waals surface area contributed by atoms with Crippen molar-refractivity contribution in [2.45, 2.75) is 19.4 Å². The van der Waals surface area contributed by atoms with Crippen LogP contribution in [0.2, 0.25) is 0 Å². The zero-order valence-corrected chi connectivity index (χ0v) is 15.2. The maximum Gasteiger partial charge on any atom is 0.327 e. The summed E-state index contributed by atoms with van der Waals surface area (Å²) < 4.78 is 5.25. The van der Waals surface area contributed by atoms with E-state index in [1.54, 1.807) is 13.0 Å². The van der Waals surface area contributed by atoms with Crippen LogP contribution in [-0.2, 0) is 14.4 Å². The fraction of sp³-hybridized carbons (Fsp3) is 0.250. The monoisotopic (exact) mass is 397 g/mol. The molecule has 1 aliphatic heterocycles. The van der Waals surface area contributed by atoms with Gasteiger partial charge in [-0.15, -0.1) is 0 Å². The number of amides is 1. The Hall–Kier alpha value is -2.59. The van der Waals surface area contributed by atoms with Crippen molar-refractivity contribution < 1.29 is 34.4 Å². The number of thioether (sulfide) groups is 1.